The summed E-state index contributed by atoms with van der Waals surface area (Å²) in [5, 5.41) is 2.18. The number of ether oxygens (including phenoxy) is 1. The zero-order valence-corrected chi connectivity index (χ0v) is 15.6. The van der Waals surface area contributed by atoms with E-state index >= 15 is 0 Å². The van der Waals surface area contributed by atoms with Crippen molar-refractivity contribution in [1.29, 1.82) is 0 Å². The van der Waals surface area contributed by atoms with E-state index in [1.54, 1.807) is 0 Å². The fraction of sp³-hybridized carbons (Fsp3) is 0.333. The Morgan fingerprint density at radius 3 is 2.14 bits per heavy atom. The Balaban J connectivity index is 2.04. The predicted octanol–water partition coefficient (Wildman–Crippen LogP) is 3.93. The molecule has 0 unspecified atom stereocenters. The molecule has 0 aliphatic heterocycles. The Bertz CT molecular complexity index is 945. The van der Waals surface area contributed by atoms with Gasteiger partial charge in [0.15, 0.2) is 17.4 Å². The number of nitrogens with one attached hydrogen (secondary N) is 1. The Morgan fingerprint density at radius 2 is 1.57 bits per heavy atom. The number of thiophene rings is 1. The first-order chi connectivity index (χ1) is 13.3. The summed E-state index contributed by atoms with van der Waals surface area (Å²) in [7, 11) is 0.831. The quantitative estimate of drug-likeness (QED) is 0.450. The van der Waals surface area contributed by atoms with E-state index in [4.69, 9.17) is 5.73 Å². The van der Waals surface area contributed by atoms with Crippen molar-refractivity contribution in [2.24, 2.45) is 5.73 Å². The van der Waals surface area contributed by atoms with E-state index in [1.165, 1.54) is 0 Å². The van der Waals surface area contributed by atoms with Gasteiger partial charge < -0.3 is 15.8 Å². The zero-order chi connectivity index (χ0) is 20.6. The maximum absolute atomic E-state index is 14.2. The molecule has 0 atom stereocenters. The van der Waals surface area contributed by atoms with Gasteiger partial charge in [-0.3, -0.25) is 9.59 Å². The number of rotatable bonds is 4. The first-order valence-electron chi connectivity index (χ1n) is 8.43. The molecule has 1 aliphatic carbocycles. The van der Waals surface area contributed by atoms with Crippen molar-refractivity contribution in [2.75, 3.05) is 12.4 Å². The predicted molar refractivity (Wildman–Crippen MR) is 94.9 cm³/mol. The number of methoxy groups -OCH3 is 1. The molecule has 5 nitrogen and oxygen atoms in total. The van der Waals surface area contributed by atoms with Crippen molar-refractivity contribution >= 4 is 28.2 Å². The number of fused-ring (bicyclic) bond motifs is 1. The number of halogens is 4. The van der Waals surface area contributed by atoms with Gasteiger partial charge in [-0.15, -0.1) is 11.3 Å². The molecule has 3 rings (SSSR count). The second kappa shape index (κ2) is 7.78. The number of carbonyl (C=O) groups is 2. The molecule has 0 spiro atoms. The monoisotopic (exact) mass is 416 g/mol. The minimum absolute atomic E-state index is 0.000153. The molecule has 1 aromatic heterocycles. The summed E-state index contributed by atoms with van der Waals surface area (Å²) in [5.74, 6) is -11.0. The van der Waals surface area contributed by atoms with E-state index in [1.807, 2.05) is 0 Å². The summed E-state index contributed by atoms with van der Waals surface area (Å²) in [6.45, 7) is 0. The van der Waals surface area contributed by atoms with E-state index in [2.05, 4.69) is 10.1 Å². The van der Waals surface area contributed by atoms with Gasteiger partial charge in [-0.1, -0.05) is 6.42 Å². The number of primary amides is 1. The summed E-state index contributed by atoms with van der Waals surface area (Å²) in [6.07, 6.45) is 3.94. The van der Waals surface area contributed by atoms with Gasteiger partial charge in [0.1, 0.15) is 10.6 Å². The van der Waals surface area contributed by atoms with Crippen LogP contribution in [0.5, 0.6) is 5.75 Å². The number of anilines is 1. The molecule has 1 aromatic carbocycles. The number of aryl methyl sites for hydroxylation is 1. The van der Waals surface area contributed by atoms with Gasteiger partial charge in [-0.05, 0) is 31.2 Å². The minimum Gasteiger partial charge on any atom is -0.491 e. The van der Waals surface area contributed by atoms with Crippen molar-refractivity contribution in [3.8, 4) is 5.75 Å². The first-order valence-corrected chi connectivity index (χ1v) is 9.25. The molecule has 0 radical (unpaired) electrons. The minimum atomic E-state index is -1.90. The molecule has 150 valence electrons. The van der Waals surface area contributed by atoms with Crippen LogP contribution in [0.2, 0.25) is 0 Å². The molecule has 2 aromatic rings. The van der Waals surface area contributed by atoms with Gasteiger partial charge >= 0.3 is 0 Å². The number of amides is 2. The Hall–Kier alpha value is -2.62. The third-order valence-electron chi connectivity index (χ3n) is 4.55. The van der Waals surface area contributed by atoms with Crippen molar-refractivity contribution < 1.29 is 31.9 Å². The number of benzene rings is 1. The Kier molecular flexibility index (Phi) is 5.59. The standard InChI is InChI=1S/C18H16F4N2O3S/c1-27-15-13(21)11(19)10(12(20)14(15)22)17(26)24-18-9(16(23)25)7-5-3-2-4-6-8(7)28-18/h2-6H2,1H3,(H2,23,25)(H,24,26). The third-order valence-corrected chi connectivity index (χ3v) is 5.76. The number of nitrogens with two attached hydrogens (primary N) is 1. The summed E-state index contributed by atoms with van der Waals surface area (Å²) < 4.78 is 60.4. The molecule has 28 heavy (non-hydrogen) atoms. The molecule has 3 N–H and O–H groups in total. The molecule has 1 heterocycles. The molecule has 0 fully saturated rings. The normalized spacial score (nSPS) is 13.6. The summed E-state index contributed by atoms with van der Waals surface area (Å²) >= 11 is 1.06. The summed E-state index contributed by atoms with van der Waals surface area (Å²) in [5.41, 5.74) is 4.73. The van der Waals surface area contributed by atoms with E-state index < -0.39 is 46.4 Å². The second-order valence-corrected chi connectivity index (χ2v) is 7.36. The van der Waals surface area contributed by atoms with Crippen LogP contribution in [0.1, 0.15) is 50.4 Å². The molecule has 0 saturated carbocycles. The van der Waals surface area contributed by atoms with Gasteiger partial charge in [0.2, 0.25) is 11.6 Å². The average Bonchev–Trinajstić information content (AvgIpc) is 2.81. The lowest BCUT2D eigenvalue weighted by Crippen LogP contribution is -2.21. The van der Waals surface area contributed by atoms with Crippen LogP contribution >= 0.6 is 11.3 Å². The second-order valence-electron chi connectivity index (χ2n) is 6.25. The van der Waals surface area contributed by atoms with Crippen LogP contribution in [0.3, 0.4) is 0 Å². The van der Waals surface area contributed by atoms with E-state index in [-0.39, 0.29) is 10.6 Å². The lowest BCUT2D eigenvalue weighted by molar-refractivity contribution is 0.100. The van der Waals surface area contributed by atoms with Crippen LogP contribution in [0.25, 0.3) is 0 Å². The van der Waals surface area contributed by atoms with Crippen LogP contribution in [0.4, 0.5) is 22.6 Å². The largest absolute Gasteiger partial charge is 0.491 e. The van der Waals surface area contributed by atoms with Crippen LogP contribution in [-0.4, -0.2) is 18.9 Å². The van der Waals surface area contributed by atoms with Crippen molar-refractivity contribution in [3.05, 3.63) is 44.8 Å². The zero-order valence-electron chi connectivity index (χ0n) is 14.8. The summed E-state index contributed by atoms with van der Waals surface area (Å²) in [4.78, 5) is 25.2. The smallest absolute Gasteiger partial charge is 0.262 e. The molecule has 0 bridgehead atoms. The van der Waals surface area contributed by atoms with Gasteiger partial charge in [0.25, 0.3) is 11.8 Å². The van der Waals surface area contributed by atoms with Gasteiger partial charge in [-0.2, -0.15) is 8.78 Å². The van der Waals surface area contributed by atoms with Crippen LogP contribution in [0.15, 0.2) is 0 Å². The highest BCUT2D eigenvalue weighted by atomic mass is 32.1. The van der Waals surface area contributed by atoms with Gasteiger partial charge in [0.05, 0.1) is 12.7 Å². The topological polar surface area (TPSA) is 81.4 Å². The first kappa shape index (κ1) is 20.1. The fourth-order valence-corrected chi connectivity index (χ4v) is 4.54. The number of carbonyl (C=O) groups excluding carboxylic acids is 2. The molecule has 0 saturated heterocycles. The highest BCUT2D eigenvalue weighted by Gasteiger charge is 2.32. The SMILES string of the molecule is COc1c(F)c(F)c(C(=O)Nc2sc3c(c2C(N)=O)CCCCC3)c(F)c1F. The lowest BCUT2D eigenvalue weighted by atomic mass is 10.0. The van der Waals surface area contributed by atoms with Crippen molar-refractivity contribution in [3.63, 3.8) is 0 Å². The third kappa shape index (κ3) is 3.32. The fourth-order valence-electron chi connectivity index (χ4n) is 3.25. The summed E-state index contributed by atoms with van der Waals surface area (Å²) in [6, 6.07) is 0. The van der Waals surface area contributed by atoms with Crippen LogP contribution in [-0.2, 0) is 12.8 Å². The maximum atomic E-state index is 14.2. The number of hydrogen-bond donors (Lipinski definition) is 2. The Labute approximate surface area is 161 Å². The maximum Gasteiger partial charge on any atom is 0.262 e. The van der Waals surface area contributed by atoms with Crippen LogP contribution < -0.4 is 15.8 Å². The Morgan fingerprint density at radius 1 is 0.964 bits per heavy atom. The van der Waals surface area contributed by atoms with Gasteiger partial charge in [0, 0.05) is 4.88 Å². The number of hydrogen-bond acceptors (Lipinski definition) is 4. The van der Waals surface area contributed by atoms with E-state index in [0.29, 0.717) is 18.4 Å². The van der Waals surface area contributed by atoms with Gasteiger partial charge in [-0.25, -0.2) is 8.78 Å². The average molecular weight is 416 g/mol. The molecule has 10 heteroatoms. The lowest BCUT2D eigenvalue weighted by Gasteiger charge is -2.11. The molecular weight excluding hydrogens is 400 g/mol. The van der Waals surface area contributed by atoms with E-state index in [9.17, 15) is 27.2 Å². The highest BCUT2D eigenvalue weighted by Crippen LogP contribution is 2.38. The molecule has 1 aliphatic rings. The van der Waals surface area contributed by atoms with Crippen molar-refractivity contribution in [2.45, 2.75) is 32.1 Å². The highest BCUT2D eigenvalue weighted by molar-refractivity contribution is 7.17. The molecule has 2 amide bonds. The van der Waals surface area contributed by atoms with Crippen LogP contribution in [0, 0.1) is 23.3 Å². The van der Waals surface area contributed by atoms with E-state index in [0.717, 1.165) is 42.6 Å². The molecular formula is C18H16F4N2O3S. The van der Waals surface area contributed by atoms with Crippen molar-refractivity contribution in [1.82, 2.24) is 0 Å².